The second kappa shape index (κ2) is 9.85. The lowest BCUT2D eigenvalue weighted by Crippen LogP contribution is -2.39. The third-order valence-electron chi connectivity index (χ3n) is 4.96. The maximum atomic E-state index is 12.9. The molecule has 0 aliphatic rings. The molecule has 0 radical (unpaired) electrons. The molecule has 30 heavy (non-hydrogen) atoms. The van der Waals surface area contributed by atoms with Gasteiger partial charge in [-0.15, -0.1) is 0 Å². The van der Waals surface area contributed by atoms with Crippen molar-refractivity contribution in [2.75, 3.05) is 12.4 Å². The number of carbonyl (C=O) groups excluding carboxylic acids is 2. The average molecular weight is 402 g/mol. The molecule has 0 spiro atoms. The van der Waals surface area contributed by atoms with Gasteiger partial charge >= 0.3 is 0 Å². The predicted molar refractivity (Wildman–Crippen MR) is 119 cm³/mol. The zero-order valence-corrected chi connectivity index (χ0v) is 17.4. The van der Waals surface area contributed by atoms with Gasteiger partial charge in [-0.2, -0.15) is 0 Å². The Labute approximate surface area is 177 Å². The number of nitrogens with one attached hydrogen (secondary N) is 2. The minimum atomic E-state index is -0.482. The van der Waals surface area contributed by atoms with E-state index in [1.807, 2.05) is 49.4 Å². The number of anilines is 1. The van der Waals surface area contributed by atoms with Crippen LogP contribution in [0, 0.1) is 0 Å². The van der Waals surface area contributed by atoms with E-state index < -0.39 is 6.04 Å². The number of rotatable bonds is 8. The second-order valence-electron chi connectivity index (χ2n) is 7.08. The van der Waals surface area contributed by atoms with E-state index in [0.29, 0.717) is 16.8 Å². The number of benzene rings is 3. The highest BCUT2D eigenvalue weighted by Gasteiger charge is 2.20. The number of para-hydroxylation sites is 2. The Morgan fingerprint density at radius 3 is 2.20 bits per heavy atom. The first-order valence-electron chi connectivity index (χ1n) is 9.90. The first kappa shape index (κ1) is 21.3. The largest absolute Gasteiger partial charge is 0.496 e. The lowest BCUT2D eigenvalue weighted by Gasteiger charge is -2.22. The third-order valence-corrected chi connectivity index (χ3v) is 4.96. The van der Waals surface area contributed by atoms with Crippen molar-refractivity contribution in [2.45, 2.75) is 25.9 Å². The van der Waals surface area contributed by atoms with Crippen molar-refractivity contribution in [3.8, 4) is 5.75 Å². The Kier molecular flexibility index (Phi) is 6.99. The van der Waals surface area contributed by atoms with E-state index in [-0.39, 0.29) is 17.7 Å². The molecule has 0 unspecified atom stereocenters. The SMILES string of the molecule is COc1ccccc1[C@H](C)N[C@@H](C)C(=O)Nc1ccccc1C(=O)c1ccccc1. The monoisotopic (exact) mass is 402 g/mol. The molecular formula is C25H26N2O3. The lowest BCUT2D eigenvalue weighted by molar-refractivity contribution is -0.117. The maximum Gasteiger partial charge on any atom is 0.241 e. The summed E-state index contributed by atoms with van der Waals surface area (Å²) in [5, 5.41) is 6.19. The highest BCUT2D eigenvalue weighted by molar-refractivity contribution is 6.14. The molecule has 3 rings (SSSR count). The van der Waals surface area contributed by atoms with E-state index in [0.717, 1.165) is 11.3 Å². The van der Waals surface area contributed by atoms with Crippen LogP contribution in [0.15, 0.2) is 78.9 Å². The zero-order valence-electron chi connectivity index (χ0n) is 17.4. The fraction of sp³-hybridized carbons (Fsp3) is 0.200. The molecule has 3 aromatic carbocycles. The number of hydrogen-bond acceptors (Lipinski definition) is 4. The van der Waals surface area contributed by atoms with Gasteiger partial charge in [0.15, 0.2) is 5.78 Å². The van der Waals surface area contributed by atoms with Crippen LogP contribution in [0.3, 0.4) is 0 Å². The quantitative estimate of drug-likeness (QED) is 0.540. The van der Waals surface area contributed by atoms with Crippen molar-refractivity contribution in [1.29, 1.82) is 0 Å². The van der Waals surface area contributed by atoms with Crippen molar-refractivity contribution < 1.29 is 14.3 Å². The number of ketones is 1. The van der Waals surface area contributed by atoms with E-state index in [4.69, 9.17) is 4.74 Å². The highest BCUT2D eigenvalue weighted by Crippen LogP contribution is 2.25. The Morgan fingerprint density at radius 2 is 1.47 bits per heavy atom. The van der Waals surface area contributed by atoms with Gasteiger partial charge in [0.1, 0.15) is 5.75 Å². The number of ether oxygens (including phenoxy) is 1. The standard InChI is InChI=1S/C25H26N2O3/c1-17(20-13-8-10-16-23(20)30-3)26-18(2)25(29)27-22-15-9-7-14-21(22)24(28)19-11-5-4-6-12-19/h4-18,26H,1-3H3,(H,27,29)/t17-,18-/m0/s1. The lowest BCUT2D eigenvalue weighted by atomic mass is 10.0. The Balaban J connectivity index is 1.72. The third kappa shape index (κ3) is 4.93. The fourth-order valence-corrected chi connectivity index (χ4v) is 3.34. The van der Waals surface area contributed by atoms with Crippen molar-refractivity contribution in [3.63, 3.8) is 0 Å². The molecule has 0 heterocycles. The topological polar surface area (TPSA) is 67.4 Å². The van der Waals surface area contributed by atoms with E-state index >= 15 is 0 Å². The zero-order chi connectivity index (χ0) is 21.5. The number of methoxy groups -OCH3 is 1. The van der Waals surface area contributed by atoms with Gasteiger partial charge in [-0.1, -0.05) is 60.7 Å². The molecule has 0 saturated heterocycles. The Morgan fingerprint density at radius 1 is 0.833 bits per heavy atom. The molecule has 0 bridgehead atoms. The summed E-state index contributed by atoms with van der Waals surface area (Å²) in [6.07, 6.45) is 0. The van der Waals surface area contributed by atoms with Gasteiger partial charge in [0, 0.05) is 22.7 Å². The van der Waals surface area contributed by atoms with E-state index in [1.54, 1.807) is 50.4 Å². The van der Waals surface area contributed by atoms with Crippen LogP contribution in [0.5, 0.6) is 5.75 Å². The molecule has 0 saturated carbocycles. The first-order chi connectivity index (χ1) is 14.5. The van der Waals surface area contributed by atoms with Gasteiger partial charge in [-0.3, -0.25) is 14.9 Å². The number of hydrogen-bond donors (Lipinski definition) is 2. The fourth-order valence-electron chi connectivity index (χ4n) is 3.34. The Bertz CT molecular complexity index is 1020. The average Bonchev–Trinajstić information content (AvgIpc) is 2.79. The molecule has 3 aromatic rings. The first-order valence-corrected chi connectivity index (χ1v) is 9.90. The Hall–Kier alpha value is -3.44. The summed E-state index contributed by atoms with van der Waals surface area (Å²) in [5.74, 6) is 0.420. The van der Waals surface area contributed by atoms with Crippen LogP contribution in [-0.2, 0) is 4.79 Å². The van der Waals surface area contributed by atoms with Crippen molar-refractivity contribution >= 4 is 17.4 Å². The normalized spacial score (nSPS) is 12.6. The van der Waals surface area contributed by atoms with E-state index in [1.165, 1.54) is 0 Å². The molecule has 0 aliphatic carbocycles. The van der Waals surface area contributed by atoms with Crippen molar-refractivity contribution in [2.24, 2.45) is 0 Å². The van der Waals surface area contributed by atoms with Crippen molar-refractivity contribution in [3.05, 3.63) is 95.6 Å². The predicted octanol–water partition coefficient (Wildman–Crippen LogP) is 4.60. The minimum Gasteiger partial charge on any atom is -0.496 e. The molecule has 0 aromatic heterocycles. The van der Waals surface area contributed by atoms with E-state index in [9.17, 15) is 9.59 Å². The molecule has 2 N–H and O–H groups in total. The smallest absolute Gasteiger partial charge is 0.241 e. The van der Waals surface area contributed by atoms with Crippen LogP contribution in [-0.4, -0.2) is 24.8 Å². The molecule has 0 fully saturated rings. The van der Waals surface area contributed by atoms with E-state index in [2.05, 4.69) is 10.6 Å². The van der Waals surface area contributed by atoms with Gasteiger partial charge in [0.25, 0.3) is 0 Å². The summed E-state index contributed by atoms with van der Waals surface area (Å²) in [4.78, 5) is 25.7. The molecule has 0 aliphatic heterocycles. The van der Waals surface area contributed by atoms with Gasteiger partial charge in [0.05, 0.1) is 18.8 Å². The van der Waals surface area contributed by atoms with Crippen LogP contribution >= 0.6 is 0 Å². The van der Waals surface area contributed by atoms with Crippen LogP contribution in [0.2, 0.25) is 0 Å². The molecular weight excluding hydrogens is 376 g/mol. The van der Waals surface area contributed by atoms with Gasteiger partial charge < -0.3 is 10.1 Å². The van der Waals surface area contributed by atoms with Crippen molar-refractivity contribution in [1.82, 2.24) is 5.32 Å². The highest BCUT2D eigenvalue weighted by atomic mass is 16.5. The van der Waals surface area contributed by atoms with Crippen LogP contribution < -0.4 is 15.4 Å². The minimum absolute atomic E-state index is 0.0944. The summed E-state index contributed by atoms with van der Waals surface area (Å²) in [7, 11) is 1.63. The number of carbonyl (C=O) groups is 2. The van der Waals surface area contributed by atoms with Crippen LogP contribution in [0.25, 0.3) is 0 Å². The number of amides is 1. The van der Waals surface area contributed by atoms with Gasteiger partial charge in [-0.25, -0.2) is 0 Å². The summed E-state index contributed by atoms with van der Waals surface area (Å²) in [6.45, 7) is 3.78. The second-order valence-corrected chi connectivity index (χ2v) is 7.08. The summed E-state index contributed by atoms with van der Waals surface area (Å²) in [5.41, 5.74) is 2.51. The van der Waals surface area contributed by atoms with Crippen LogP contribution in [0.4, 0.5) is 5.69 Å². The van der Waals surface area contributed by atoms with Gasteiger partial charge in [-0.05, 0) is 32.0 Å². The molecule has 5 heteroatoms. The molecule has 2 atom stereocenters. The summed E-state index contributed by atoms with van der Waals surface area (Å²) >= 11 is 0. The van der Waals surface area contributed by atoms with Crippen LogP contribution in [0.1, 0.15) is 41.4 Å². The summed E-state index contributed by atoms with van der Waals surface area (Å²) < 4.78 is 5.41. The molecule has 5 nitrogen and oxygen atoms in total. The molecule has 154 valence electrons. The summed E-state index contributed by atoms with van der Waals surface area (Å²) in [6, 6.07) is 23.2. The maximum absolute atomic E-state index is 12.9. The molecule has 1 amide bonds. The van der Waals surface area contributed by atoms with Gasteiger partial charge in [0.2, 0.25) is 5.91 Å².